The van der Waals surface area contributed by atoms with Crippen LogP contribution in [0.15, 0.2) is 0 Å². The average Bonchev–Trinajstić information content (AvgIpc) is 2.33. The largest absolute Gasteiger partial charge is 0.355 e. The van der Waals surface area contributed by atoms with E-state index < -0.39 is 0 Å². The molecule has 4 nitrogen and oxygen atoms in total. The van der Waals surface area contributed by atoms with Gasteiger partial charge >= 0.3 is 0 Å². The van der Waals surface area contributed by atoms with Crippen LogP contribution >= 0.6 is 0 Å². The molecule has 0 aromatic heterocycles. The maximum Gasteiger partial charge on any atom is 0.223 e. The molecule has 1 aliphatic rings. The predicted molar refractivity (Wildman–Crippen MR) is 75.2 cm³/mol. The van der Waals surface area contributed by atoms with Crippen LogP contribution in [0.2, 0.25) is 0 Å². The molecule has 4 atom stereocenters. The maximum absolute atomic E-state index is 12.1. The van der Waals surface area contributed by atoms with Gasteiger partial charge in [-0.3, -0.25) is 4.79 Å². The summed E-state index contributed by atoms with van der Waals surface area (Å²) in [6.45, 7) is 9.13. The summed E-state index contributed by atoms with van der Waals surface area (Å²) in [5.41, 5.74) is 6.08. The molecule has 1 fully saturated rings. The standard InChI is InChI=1S/C14H29N3O/c1-5-17(4)7-6-16-14(18)12-9-13(15)11(3)8-10(12)2/h10-13H,5-9,15H2,1-4H3,(H,16,18). The summed E-state index contributed by atoms with van der Waals surface area (Å²) in [5, 5.41) is 3.05. The topological polar surface area (TPSA) is 58.4 Å². The molecule has 1 saturated carbocycles. The Labute approximate surface area is 111 Å². The second-order valence-corrected chi connectivity index (χ2v) is 5.88. The molecule has 0 bridgehead atoms. The van der Waals surface area contributed by atoms with E-state index in [1.807, 2.05) is 0 Å². The number of carbonyl (C=O) groups is 1. The van der Waals surface area contributed by atoms with Crippen molar-refractivity contribution in [3.05, 3.63) is 0 Å². The third kappa shape index (κ3) is 4.25. The van der Waals surface area contributed by atoms with E-state index in [2.05, 4.69) is 38.0 Å². The van der Waals surface area contributed by atoms with Crippen LogP contribution in [0.4, 0.5) is 0 Å². The van der Waals surface area contributed by atoms with Gasteiger partial charge in [0.1, 0.15) is 0 Å². The molecule has 0 aromatic carbocycles. The molecule has 3 N–H and O–H groups in total. The van der Waals surface area contributed by atoms with Crippen molar-refractivity contribution in [3.8, 4) is 0 Å². The smallest absolute Gasteiger partial charge is 0.223 e. The molecule has 1 rings (SSSR count). The highest BCUT2D eigenvalue weighted by Gasteiger charge is 2.34. The number of nitrogens with one attached hydrogen (secondary N) is 1. The van der Waals surface area contributed by atoms with E-state index in [1.165, 1.54) is 0 Å². The minimum absolute atomic E-state index is 0.100. The summed E-state index contributed by atoms with van der Waals surface area (Å²) < 4.78 is 0. The zero-order chi connectivity index (χ0) is 13.7. The fraction of sp³-hybridized carbons (Fsp3) is 0.929. The van der Waals surface area contributed by atoms with Gasteiger partial charge in [0.25, 0.3) is 0 Å². The van der Waals surface area contributed by atoms with Crippen LogP contribution in [0.25, 0.3) is 0 Å². The molecular formula is C14H29N3O. The molecule has 0 radical (unpaired) electrons. The first-order valence-electron chi connectivity index (χ1n) is 7.17. The van der Waals surface area contributed by atoms with Crippen LogP contribution in [-0.4, -0.2) is 43.5 Å². The lowest BCUT2D eigenvalue weighted by molar-refractivity contribution is -0.128. The first-order valence-corrected chi connectivity index (χ1v) is 7.17. The monoisotopic (exact) mass is 255 g/mol. The number of likely N-dealkylation sites (N-methyl/N-ethyl adjacent to an activating group) is 1. The molecule has 0 spiro atoms. The van der Waals surface area contributed by atoms with Crippen LogP contribution in [0.1, 0.15) is 33.6 Å². The first-order chi connectivity index (χ1) is 8.45. The van der Waals surface area contributed by atoms with Crippen molar-refractivity contribution >= 4 is 5.91 Å². The van der Waals surface area contributed by atoms with E-state index in [0.29, 0.717) is 11.8 Å². The normalized spacial score (nSPS) is 32.6. The molecule has 0 heterocycles. The Kier molecular flexibility index (Phi) is 6.09. The van der Waals surface area contributed by atoms with Crippen molar-refractivity contribution < 1.29 is 4.79 Å². The fourth-order valence-electron chi connectivity index (χ4n) is 2.71. The Morgan fingerprint density at radius 2 is 2.00 bits per heavy atom. The lowest BCUT2D eigenvalue weighted by atomic mass is 9.72. The fourth-order valence-corrected chi connectivity index (χ4v) is 2.71. The van der Waals surface area contributed by atoms with Gasteiger partial charge in [-0.15, -0.1) is 0 Å². The van der Waals surface area contributed by atoms with Gasteiger partial charge in [0.05, 0.1) is 0 Å². The Bertz CT molecular complexity index is 270. The van der Waals surface area contributed by atoms with Gasteiger partial charge in [-0.2, -0.15) is 0 Å². The van der Waals surface area contributed by atoms with Crippen molar-refractivity contribution in [1.82, 2.24) is 10.2 Å². The summed E-state index contributed by atoms with van der Waals surface area (Å²) in [5.74, 6) is 1.27. The first kappa shape index (κ1) is 15.4. The Hall–Kier alpha value is -0.610. The number of nitrogens with zero attached hydrogens (tertiary/aromatic N) is 1. The molecule has 4 unspecified atom stereocenters. The third-order valence-corrected chi connectivity index (χ3v) is 4.36. The van der Waals surface area contributed by atoms with Gasteiger partial charge in [0.15, 0.2) is 0 Å². The number of carbonyl (C=O) groups excluding carboxylic acids is 1. The van der Waals surface area contributed by atoms with Crippen molar-refractivity contribution in [2.24, 2.45) is 23.5 Å². The SMILES string of the molecule is CCN(C)CCNC(=O)C1CC(N)C(C)CC1C. The zero-order valence-electron chi connectivity index (χ0n) is 12.3. The minimum atomic E-state index is 0.100. The molecule has 1 amide bonds. The second kappa shape index (κ2) is 7.10. The van der Waals surface area contributed by atoms with Crippen molar-refractivity contribution in [3.63, 3.8) is 0 Å². The average molecular weight is 255 g/mol. The molecule has 0 aromatic rings. The summed E-state index contributed by atoms with van der Waals surface area (Å²) in [6.07, 6.45) is 1.89. The number of amides is 1. The van der Waals surface area contributed by atoms with E-state index in [9.17, 15) is 4.79 Å². The van der Waals surface area contributed by atoms with Gasteiger partial charge in [-0.05, 0) is 38.3 Å². The number of hydrogen-bond donors (Lipinski definition) is 2. The van der Waals surface area contributed by atoms with Gasteiger partial charge in [-0.25, -0.2) is 0 Å². The quantitative estimate of drug-likeness (QED) is 0.772. The van der Waals surface area contributed by atoms with Gasteiger partial charge in [0.2, 0.25) is 5.91 Å². The molecule has 0 saturated heterocycles. The number of hydrogen-bond acceptors (Lipinski definition) is 3. The molecule has 1 aliphatic carbocycles. The molecule has 0 aliphatic heterocycles. The highest BCUT2D eigenvalue weighted by Crippen LogP contribution is 2.32. The molecular weight excluding hydrogens is 226 g/mol. The van der Waals surface area contributed by atoms with Gasteiger partial charge in [-0.1, -0.05) is 20.8 Å². The van der Waals surface area contributed by atoms with Gasteiger partial charge < -0.3 is 16.0 Å². The molecule has 18 heavy (non-hydrogen) atoms. The third-order valence-electron chi connectivity index (χ3n) is 4.36. The zero-order valence-corrected chi connectivity index (χ0v) is 12.3. The second-order valence-electron chi connectivity index (χ2n) is 5.88. The lowest BCUT2D eigenvalue weighted by Gasteiger charge is -2.36. The summed E-state index contributed by atoms with van der Waals surface area (Å²) in [7, 11) is 2.06. The van der Waals surface area contributed by atoms with E-state index >= 15 is 0 Å². The van der Waals surface area contributed by atoms with Crippen molar-refractivity contribution in [2.75, 3.05) is 26.7 Å². The van der Waals surface area contributed by atoms with Crippen LogP contribution in [0, 0.1) is 17.8 Å². The van der Waals surface area contributed by atoms with Gasteiger partial charge in [0, 0.05) is 25.0 Å². The summed E-state index contributed by atoms with van der Waals surface area (Å²) in [4.78, 5) is 14.3. The Balaban J connectivity index is 2.37. The van der Waals surface area contributed by atoms with Crippen LogP contribution in [0.3, 0.4) is 0 Å². The van der Waals surface area contributed by atoms with E-state index in [0.717, 1.165) is 32.5 Å². The number of rotatable bonds is 5. The minimum Gasteiger partial charge on any atom is -0.355 e. The van der Waals surface area contributed by atoms with Crippen molar-refractivity contribution in [1.29, 1.82) is 0 Å². The van der Waals surface area contributed by atoms with E-state index in [4.69, 9.17) is 5.73 Å². The number of nitrogens with two attached hydrogens (primary N) is 1. The highest BCUT2D eigenvalue weighted by molar-refractivity contribution is 5.79. The molecule has 106 valence electrons. The van der Waals surface area contributed by atoms with E-state index in [1.54, 1.807) is 0 Å². The van der Waals surface area contributed by atoms with Crippen LogP contribution < -0.4 is 11.1 Å². The van der Waals surface area contributed by atoms with E-state index in [-0.39, 0.29) is 17.9 Å². The Morgan fingerprint density at radius 3 is 2.61 bits per heavy atom. The van der Waals surface area contributed by atoms with Crippen LogP contribution in [-0.2, 0) is 4.79 Å². The highest BCUT2D eigenvalue weighted by atomic mass is 16.1. The predicted octanol–water partition coefficient (Wildman–Crippen LogP) is 1.06. The maximum atomic E-state index is 12.1. The molecule has 4 heteroatoms. The van der Waals surface area contributed by atoms with Crippen LogP contribution in [0.5, 0.6) is 0 Å². The summed E-state index contributed by atoms with van der Waals surface area (Å²) in [6, 6.07) is 0.176. The summed E-state index contributed by atoms with van der Waals surface area (Å²) >= 11 is 0. The van der Waals surface area contributed by atoms with Crippen molar-refractivity contribution in [2.45, 2.75) is 39.7 Å². The Morgan fingerprint density at radius 1 is 1.33 bits per heavy atom. The lowest BCUT2D eigenvalue weighted by Crippen LogP contribution is -2.46.